The predicted octanol–water partition coefficient (Wildman–Crippen LogP) is 4.19. The fraction of sp³-hybridized carbons (Fsp3) is 0.160. The number of aromatic nitrogens is 2. The minimum Gasteiger partial charge on any atom is -0.507 e. The SMILES string of the molecule is Cc1nn(-c2ccccc2)c2c1C(=O)[C@@]1(C)C(=C2)Oc2c1c(O)c(C)c1occc(=O)c21. The first-order chi connectivity index (χ1) is 15.3. The molecule has 6 rings (SSSR count). The third kappa shape index (κ3) is 2.07. The van der Waals surface area contributed by atoms with Gasteiger partial charge < -0.3 is 14.3 Å². The summed E-state index contributed by atoms with van der Waals surface area (Å²) in [6.45, 7) is 5.16. The fourth-order valence-corrected chi connectivity index (χ4v) is 4.84. The standard InChI is InChI=1S/C25H18N2O5/c1-12-21(29)20-23(19-16(28)9-10-31-22(12)19)32-17-11-15-18(24(30)25(17,20)3)13(2)26-27(15)14-7-5-4-6-8-14/h4-11,29H,1-3H3/t25-/m0/s1. The average Bonchev–Trinajstić information content (AvgIpc) is 3.28. The van der Waals surface area contributed by atoms with Crippen LogP contribution in [0.15, 0.2) is 57.6 Å². The monoisotopic (exact) mass is 426 g/mol. The van der Waals surface area contributed by atoms with Crippen LogP contribution in [-0.4, -0.2) is 20.7 Å². The van der Waals surface area contributed by atoms with Crippen LogP contribution in [0.5, 0.6) is 11.5 Å². The van der Waals surface area contributed by atoms with Crippen molar-refractivity contribution >= 4 is 22.8 Å². The van der Waals surface area contributed by atoms with E-state index in [1.165, 1.54) is 12.3 Å². The second-order valence-corrected chi connectivity index (χ2v) is 8.32. The molecule has 0 saturated carbocycles. The van der Waals surface area contributed by atoms with Crippen molar-refractivity contribution in [2.45, 2.75) is 26.2 Å². The maximum Gasteiger partial charge on any atom is 0.196 e. The van der Waals surface area contributed by atoms with E-state index in [0.29, 0.717) is 28.3 Å². The summed E-state index contributed by atoms with van der Waals surface area (Å²) >= 11 is 0. The van der Waals surface area contributed by atoms with Crippen molar-refractivity contribution in [1.82, 2.24) is 9.78 Å². The molecule has 1 aliphatic heterocycles. The number of para-hydroxylation sites is 1. The van der Waals surface area contributed by atoms with E-state index in [-0.39, 0.29) is 39.2 Å². The van der Waals surface area contributed by atoms with E-state index in [4.69, 9.17) is 9.15 Å². The van der Waals surface area contributed by atoms with Crippen molar-refractivity contribution in [2.75, 3.05) is 0 Å². The Kier molecular flexibility index (Phi) is 3.48. The van der Waals surface area contributed by atoms with E-state index >= 15 is 0 Å². The third-order valence-corrected chi connectivity index (χ3v) is 6.52. The quantitative estimate of drug-likeness (QED) is 0.491. The summed E-state index contributed by atoms with van der Waals surface area (Å²) in [6, 6.07) is 10.8. The van der Waals surface area contributed by atoms with Gasteiger partial charge in [-0.2, -0.15) is 5.10 Å². The molecule has 0 fully saturated rings. The first-order valence-electron chi connectivity index (χ1n) is 10.2. The zero-order valence-corrected chi connectivity index (χ0v) is 17.6. The first-order valence-corrected chi connectivity index (χ1v) is 10.2. The van der Waals surface area contributed by atoms with Crippen LogP contribution in [-0.2, 0) is 5.41 Å². The van der Waals surface area contributed by atoms with E-state index in [2.05, 4.69) is 5.10 Å². The second kappa shape index (κ2) is 5.97. The van der Waals surface area contributed by atoms with Crippen LogP contribution in [0.3, 0.4) is 0 Å². The van der Waals surface area contributed by atoms with Crippen molar-refractivity contribution in [3.63, 3.8) is 0 Å². The summed E-state index contributed by atoms with van der Waals surface area (Å²) < 4.78 is 13.4. The molecule has 3 heterocycles. The Balaban J connectivity index is 1.68. The predicted molar refractivity (Wildman–Crippen MR) is 117 cm³/mol. The number of nitrogens with zero attached hydrogens (tertiary/aromatic N) is 2. The lowest BCUT2D eigenvalue weighted by atomic mass is 9.71. The van der Waals surface area contributed by atoms with Gasteiger partial charge in [0, 0.05) is 17.7 Å². The van der Waals surface area contributed by atoms with Crippen molar-refractivity contribution in [3.8, 4) is 17.2 Å². The molecule has 2 aliphatic rings. The molecule has 7 heteroatoms. The molecule has 0 unspecified atom stereocenters. The Bertz CT molecular complexity index is 1580. The number of fused-ring (bicyclic) bond motifs is 6. The van der Waals surface area contributed by atoms with Crippen LogP contribution in [0.25, 0.3) is 22.7 Å². The maximum atomic E-state index is 13.9. The molecule has 2 aromatic carbocycles. The zero-order valence-electron chi connectivity index (χ0n) is 17.6. The Hall–Kier alpha value is -4.13. The molecule has 0 spiro atoms. The van der Waals surface area contributed by atoms with Crippen molar-refractivity contribution in [1.29, 1.82) is 0 Å². The molecule has 1 N–H and O–H groups in total. The number of Topliss-reactive ketones (excluding diaryl/α,β-unsaturated/α-hetero) is 1. The summed E-state index contributed by atoms with van der Waals surface area (Å²) in [5.41, 5.74) is 1.79. The van der Waals surface area contributed by atoms with Gasteiger partial charge in [-0.05, 0) is 32.9 Å². The highest BCUT2D eigenvalue weighted by atomic mass is 16.5. The van der Waals surface area contributed by atoms with Gasteiger partial charge in [0.15, 0.2) is 11.2 Å². The molecule has 0 radical (unpaired) electrons. The molecular weight excluding hydrogens is 408 g/mol. The number of rotatable bonds is 1. The number of benzene rings is 2. The van der Waals surface area contributed by atoms with Gasteiger partial charge in [-0.25, -0.2) is 4.68 Å². The lowest BCUT2D eigenvalue weighted by molar-refractivity contribution is 0.0905. The molecule has 0 bridgehead atoms. The van der Waals surface area contributed by atoms with Crippen molar-refractivity contribution in [3.05, 3.63) is 86.7 Å². The topological polar surface area (TPSA) is 94.6 Å². The Morgan fingerprint density at radius 3 is 2.59 bits per heavy atom. The first kappa shape index (κ1) is 18.6. The van der Waals surface area contributed by atoms with Crippen LogP contribution in [0.4, 0.5) is 0 Å². The minimum absolute atomic E-state index is 0.113. The van der Waals surface area contributed by atoms with Gasteiger partial charge in [0.2, 0.25) is 0 Å². The number of ether oxygens (including phenoxy) is 1. The molecule has 1 aliphatic carbocycles. The summed E-state index contributed by atoms with van der Waals surface area (Å²) in [4.78, 5) is 26.7. The maximum absolute atomic E-state index is 13.9. The molecule has 0 saturated heterocycles. The van der Waals surface area contributed by atoms with E-state index in [0.717, 1.165) is 5.69 Å². The third-order valence-electron chi connectivity index (χ3n) is 6.52. The zero-order chi connectivity index (χ0) is 22.4. The molecule has 7 nitrogen and oxygen atoms in total. The van der Waals surface area contributed by atoms with Gasteiger partial charge in [0.1, 0.15) is 33.6 Å². The van der Waals surface area contributed by atoms with Gasteiger partial charge in [-0.15, -0.1) is 0 Å². The van der Waals surface area contributed by atoms with Crippen LogP contribution in [0.1, 0.15) is 39.8 Å². The number of phenols is 1. The number of aryl methyl sites for hydroxylation is 2. The van der Waals surface area contributed by atoms with Gasteiger partial charge in [0.05, 0.1) is 34.5 Å². The highest BCUT2D eigenvalue weighted by Crippen LogP contribution is 2.57. The Morgan fingerprint density at radius 2 is 1.84 bits per heavy atom. The summed E-state index contributed by atoms with van der Waals surface area (Å²) in [5.74, 6) is 0.157. The Morgan fingerprint density at radius 1 is 1.09 bits per heavy atom. The van der Waals surface area contributed by atoms with E-state index in [9.17, 15) is 14.7 Å². The van der Waals surface area contributed by atoms with Gasteiger partial charge in [-0.1, -0.05) is 18.2 Å². The summed E-state index contributed by atoms with van der Waals surface area (Å²) in [5, 5.41) is 15.9. The largest absolute Gasteiger partial charge is 0.507 e. The number of aromatic hydroxyl groups is 1. The van der Waals surface area contributed by atoms with E-state index < -0.39 is 5.41 Å². The van der Waals surface area contributed by atoms with Crippen LogP contribution in [0, 0.1) is 13.8 Å². The minimum atomic E-state index is -1.29. The molecule has 1 atom stereocenters. The smallest absolute Gasteiger partial charge is 0.196 e. The number of allylic oxidation sites excluding steroid dienone is 1. The van der Waals surface area contributed by atoms with Crippen LogP contribution in [0.2, 0.25) is 0 Å². The number of ketones is 1. The van der Waals surface area contributed by atoms with E-state index in [1.54, 1.807) is 31.5 Å². The van der Waals surface area contributed by atoms with Crippen LogP contribution < -0.4 is 10.2 Å². The number of hydrogen-bond donors (Lipinski definition) is 1. The number of carbonyl (C=O) groups is 1. The number of phenolic OH excluding ortho intramolecular Hbond substituents is 1. The van der Waals surface area contributed by atoms with E-state index in [1.807, 2.05) is 30.3 Å². The van der Waals surface area contributed by atoms with Gasteiger partial charge >= 0.3 is 0 Å². The lowest BCUT2D eigenvalue weighted by Crippen LogP contribution is -2.36. The average molecular weight is 426 g/mol. The van der Waals surface area contributed by atoms with Crippen molar-refractivity contribution in [2.24, 2.45) is 0 Å². The number of hydrogen-bond acceptors (Lipinski definition) is 6. The Labute approximate surface area is 182 Å². The highest BCUT2D eigenvalue weighted by Gasteiger charge is 2.55. The second-order valence-electron chi connectivity index (χ2n) is 8.32. The fourth-order valence-electron chi connectivity index (χ4n) is 4.84. The lowest BCUT2D eigenvalue weighted by Gasteiger charge is -2.27. The van der Waals surface area contributed by atoms with Crippen LogP contribution >= 0.6 is 0 Å². The molecular formula is C25H18N2O5. The molecule has 0 amide bonds. The summed E-state index contributed by atoms with van der Waals surface area (Å²) in [6.07, 6.45) is 3.06. The van der Waals surface area contributed by atoms with Crippen molar-refractivity contribution < 1.29 is 19.1 Å². The summed E-state index contributed by atoms with van der Waals surface area (Å²) in [7, 11) is 0. The molecule has 4 aromatic rings. The molecule has 158 valence electrons. The molecule has 2 aromatic heterocycles. The molecule has 32 heavy (non-hydrogen) atoms. The van der Waals surface area contributed by atoms with Gasteiger partial charge in [-0.3, -0.25) is 9.59 Å². The van der Waals surface area contributed by atoms with Gasteiger partial charge in [0.25, 0.3) is 0 Å². The normalized spacial score (nSPS) is 18.7. The number of carbonyl (C=O) groups excluding carboxylic acids is 1. The highest BCUT2D eigenvalue weighted by molar-refractivity contribution is 6.14.